The van der Waals surface area contributed by atoms with Crippen LogP contribution in [-0.2, 0) is 25.5 Å². The van der Waals surface area contributed by atoms with E-state index in [4.69, 9.17) is 14.6 Å². The van der Waals surface area contributed by atoms with E-state index in [9.17, 15) is 9.59 Å². The number of carboxylic acids is 1. The Bertz CT molecular complexity index is 441. The van der Waals surface area contributed by atoms with Crippen molar-refractivity contribution in [3.63, 3.8) is 0 Å². The largest absolute Gasteiger partial charge is 0.481 e. The molecule has 1 aliphatic heterocycles. The van der Waals surface area contributed by atoms with Crippen molar-refractivity contribution in [2.45, 2.75) is 12.5 Å². The molecule has 0 saturated carbocycles. The molecule has 18 heavy (non-hydrogen) atoms. The molecule has 1 aliphatic rings. The summed E-state index contributed by atoms with van der Waals surface area (Å²) in [6.45, 7) is 1.10. The molecule has 2 heterocycles. The first kappa shape index (κ1) is 12.9. The van der Waals surface area contributed by atoms with Gasteiger partial charge in [0.05, 0.1) is 31.9 Å². The van der Waals surface area contributed by atoms with Crippen LogP contribution in [0.4, 0.5) is 5.13 Å². The third kappa shape index (κ3) is 3.49. The van der Waals surface area contributed by atoms with E-state index in [0.717, 1.165) is 0 Å². The maximum atomic E-state index is 11.7. The summed E-state index contributed by atoms with van der Waals surface area (Å²) >= 11 is 1.18. The molecule has 0 bridgehead atoms. The molecule has 0 aliphatic carbocycles. The minimum atomic E-state index is -0.956. The quantitative estimate of drug-likeness (QED) is 0.808. The summed E-state index contributed by atoms with van der Waals surface area (Å²) in [5, 5.41) is 13.1. The summed E-state index contributed by atoms with van der Waals surface area (Å²) in [4.78, 5) is 26.2. The van der Waals surface area contributed by atoms with E-state index in [1.165, 1.54) is 11.3 Å². The highest BCUT2D eigenvalue weighted by Crippen LogP contribution is 2.16. The van der Waals surface area contributed by atoms with Crippen molar-refractivity contribution in [2.24, 2.45) is 0 Å². The second kappa shape index (κ2) is 5.89. The van der Waals surface area contributed by atoms with Gasteiger partial charge in [-0.05, 0) is 0 Å². The highest BCUT2D eigenvalue weighted by molar-refractivity contribution is 7.13. The third-order valence-corrected chi connectivity index (χ3v) is 3.03. The first-order valence-corrected chi connectivity index (χ1v) is 6.19. The molecule has 0 spiro atoms. The minimum Gasteiger partial charge on any atom is -0.481 e. The predicted molar refractivity (Wildman–Crippen MR) is 62.6 cm³/mol. The maximum absolute atomic E-state index is 11.7. The Labute approximate surface area is 107 Å². The zero-order valence-corrected chi connectivity index (χ0v) is 10.2. The van der Waals surface area contributed by atoms with Crippen molar-refractivity contribution in [1.82, 2.24) is 4.98 Å². The highest BCUT2D eigenvalue weighted by atomic mass is 32.1. The topological polar surface area (TPSA) is 97.8 Å². The molecule has 2 rings (SSSR count). The lowest BCUT2D eigenvalue weighted by Crippen LogP contribution is -2.39. The number of nitrogens with zero attached hydrogens (tertiary/aromatic N) is 1. The van der Waals surface area contributed by atoms with Gasteiger partial charge in [0.15, 0.2) is 11.2 Å². The molecule has 1 saturated heterocycles. The van der Waals surface area contributed by atoms with Crippen molar-refractivity contribution in [1.29, 1.82) is 0 Å². The van der Waals surface area contributed by atoms with E-state index in [0.29, 0.717) is 24.0 Å². The second-order valence-electron chi connectivity index (χ2n) is 3.64. The number of aromatic nitrogens is 1. The molecule has 1 unspecified atom stereocenters. The Balaban J connectivity index is 1.90. The van der Waals surface area contributed by atoms with Gasteiger partial charge in [0.2, 0.25) is 0 Å². The number of ether oxygens (including phenoxy) is 2. The van der Waals surface area contributed by atoms with Crippen molar-refractivity contribution in [2.75, 3.05) is 25.1 Å². The molecule has 1 fully saturated rings. The Morgan fingerprint density at radius 1 is 1.56 bits per heavy atom. The number of carbonyl (C=O) groups excluding carboxylic acids is 1. The molecule has 98 valence electrons. The number of aliphatic carboxylic acids is 1. The molecule has 8 heteroatoms. The van der Waals surface area contributed by atoms with E-state index in [1.807, 2.05) is 0 Å². The maximum Gasteiger partial charge on any atom is 0.309 e. The molecule has 7 nitrogen and oxygen atoms in total. The van der Waals surface area contributed by atoms with Crippen LogP contribution in [0.5, 0.6) is 0 Å². The molecule has 2 N–H and O–H groups in total. The van der Waals surface area contributed by atoms with Crippen molar-refractivity contribution in [3.05, 3.63) is 11.1 Å². The number of nitrogens with one attached hydrogen (secondary N) is 1. The van der Waals surface area contributed by atoms with Crippen molar-refractivity contribution < 1.29 is 24.2 Å². The Morgan fingerprint density at radius 3 is 3.06 bits per heavy atom. The van der Waals surface area contributed by atoms with Crippen LogP contribution in [0.1, 0.15) is 5.69 Å². The fourth-order valence-corrected chi connectivity index (χ4v) is 2.14. The fraction of sp³-hybridized carbons (Fsp3) is 0.500. The van der Waals surface area contributed by atoms with Crippen molar-refractivity contribution in [3.8, 4) is 0 Å². The van der Waals surface area contributed by atoms with Gasteiger partial charge in [-0.15, -0.1) is 11.3 Å². The Kier molecular flexibility index (Phi) is 4.24. The molecule has 1 atom stereocenters. The number of thiazole rings is 1. The molecule has 1 aromatic heterocycles. The summed E-state index contributed by atoms with van der Waals surface area (Å²) in [7, 11) is 0. The monoisotopic (exact) mass is 272 g/mol. The summed E-state index contributed by atoms with van der Waals surface area (Å²) < 4.78 is 10.3. The number of hydrogen-bond donors (Lipinski definition) is 2. The highest BCUT2D eigenvalue weighted by Gasteiger charge is 2.23. The minimum absolute atomic E-state index is 0.157. The summed E-state index contributed by atoms with van der Waals surface area (Å²) in [6.07, 6.45) is -0.791. The normalized spacial score (nSPS) is 19.4. The predicted octanol–water partition coefficient (Wildman–Crippen LogP) is 0.124. The van der Waals surface area contributed by atoms with Gasteiger partial charge in [-0.25, -0.2) is 4.98 Å². The van der Waals surface area contributed by atoms with Crippen LogP contribution in [0, 0.1) is 0 Å². The molecular formula is C10H12N2O5S. The van der Waals surface area contributed by atoms with Crippen LogP contribution in [0.25, 0.3) is 0 Å². The molecule has 1 amide bonds. The van der Waals surface area contributed by atoms with Gasteiger partial charge in [0.25, 0.3) is 5.91 Å². The van der Waals surface area contributed by atoms with Crippen LogP contribution >= 0.6 is 11.3 Å². The van der Waals surface area contributed by atoms with Crippen LogP contribution in [0.2, 0.25) is 0 Å². The molecule has 1 aromatic rings. The fourth-order valence-electron chi connectivity index (χ4n) is 1.43. The summed E-state index contributed by atoms with van der Waals surface area (Å²) in [5.41, 5.74) is 0.420. The van der Waals surface area contributed by atoms with E-state index in [2.05, 4.69) is 10.3 Å². The standard InChI is InChI=1S/C10H12N2O5S/c13-8(14)3-6-5-18-10(11-6)12-9(15)7-4-16-1-2-17-7/h5,7H,1-4H2,(H,13,14)(H,11,12,15). The third-order valence-electron chi connectivity index (χ3n) is 2.22. The number of amides is 1. The van der Waals surface area contributed by atoms with Crippen LogP contribution in [-0.4, -0.2) is 47.9 Å². The van der Waals surface area contributed by atoms with Crippen LogP contribution < -0.4 is 5.32 Å². The molecule has 0 radical (unpaired) electrons. The number of carboxylic acid groups (broad SMARTS) is 1. The number of hydrogen-bond acceptors (Lipinski definition) is 6. The van der Waals surface area contributed by atoms with Gasteiger partial charge in [-0.2, -0.15) is 0 Å². The first-order chi connectivity index (χ1) is 8.65. The van der Waals surface area contributed by atoms with Gasteiger partial charge in [0.1, 0.15) is 0 Å². The average Bonchev–Trinajstić information content (AvgIpc) is 2.76. The zero-order chi connectivity index (χ0) is 13.0. The number of rotatable bonds is 4. The Hall–Kier alpha value is -1.51. The van der Waals surface area contributed by atoms with Gasteiger partial charge < -0.3 is 14.6 Å². The van der Waals surface area contributed by atoms with Crippen LogP contribution in [0.15, 0.2) is 5.38 Å². The van der Waals surface area contributed by atoms with E-state index in [-0.39, 0.29) is 18.9 Å². The average molecular weight is 272 g/mol. The number of carbonyl (C=O) groups is 2. The lowest BCUT2D eigenvalue weighted by atomic mass is 10.3. The van der Waals surface area contributed by atoms with E-state index >= 15 is 0 Å². The SMILES string of the molecule is O=C(O)Cc1csc(NC(=O)C2COCCO2)n1. The van der Waals surface area contributed by atoms with Gasteiger partial charge in [-0.1, -0.05) is 0 Å². The molecule has 0 aromatic carbocycles. The van der Waals surface area contributed by atoms with Gasteiger partial charge >= 0.3 is 5.97 Å². The van der Waals surface area contributed by atoms with Gasteiger partial charge in [-0.3, -0.25) is 14.9 Å². The lowest BCUT2D eigenvalue weighted by molar-refractivity contribution is -0.142. The second-order valence-corrected chi connectivity index (χ2v) is 4.50. The smallest absolute Gasteiger partial charge is 0.309 e. The van der Waals surface area contributed by atoms with E-state index < -0.39 is 12.1 Å². The summed E-state index contributed by atoms with van der Waals surface area (Å²) in [6, 6.07) is 0. The number of anilines is 1. The molecular weight excluding hydrogens is 260 g/mol. The van der Waals surface area contributed by atoms with E-state index in [1.54, 1.807) is 5.38 Å². The van der Waals surface area contributed by atoms with Gasteiger partial charge in [0, 0.05) is 5.38 Å². The first-order valence-electron chi connectivity index (χ1n) is 5.31. The van der Waals surface area contributed by atoms with Crippen molar-refractivity contribution >= 4 is 28.3 Å². The zero-order valence-electron chi connectivity index (χ0n) is 9.42. The summed E-state index contributed by atoms with van der Waals surface area (Å²) in [5.74, 6) is -1.28. The van der Waals surface area contributed by atoms with Crippen LogP contribution in [0.3, 0.4) is 0 Å². The lowest BCUT2D eigenvalue weighted by Gasteiger charge is -2.21. The Morgan fingerprint density at radius 2 is 2.39 bits per heavy atom.